The SMILES string of the molecule is O=C(Nc1ccc(F)cc1)c1ccc(NC(=O)C2COc3ccccc3O2)cc1. The smallest absolute Gasteiger partial charge is 0.269 e. The summed E-state index contributed by atoms with van der Waals surface area (Å²) in [6.07, 6.45) is -0.772. The Hall–Kier alpha value is -3.87. The third-order valence-corrected chi connectivity index (χ3v) is 4.32. The van der Waals surface area contributed by atoms with E-state index in [9.17, 15) is 14.0 Å². The van der Waals surface area contributed by atoms with Crippen molar-refractivity contribution in [2.75, 3.05) is 17.2 Å². The lowest BCUT2D eigenvalue weighted by Crippen LogP contribution is -2.40. The third-order valence-electron chi connectivity index (χ3n) is 4.32. The van der Waals surface area contributed by atoms with Crippen molar-refractivity contribution >= 4 is 23.2 Å². The molecule has 1 atom stereocenters. The van der Waals surface area contributed by atoms with Gasteiger partial charge < -0.3 is 20.1 Å². The van der Waals surface area contributed by atoms with Crippen LogP contribution >= 0.6 is 0 Å². The maximum atomic E-state index is 12.9. The summed E-state index contributed by atoms with van der Waals surface area (Å²) in [5.41, 5.74) is 1.41. The van der Waals surface area contributed by atoms with E-state index in [2.05, 4.69) is 10.6 Å². The zero-order valence-electron chi connectivity index (χ0n) is 15.2. The van der Waals surface area contributed by atoms with Gasteiger partial charge in [0, 0.05) is 16.9 Å². The molecule has 2 N–H and O–H groups in total. The molecular weight excluding hydrogens is 375 g/mol. The molecule has 0 radical (unpaired) electrons. The molecule has 3 aromatic rings. The lowest BCUT2D eigenvalue weighted by molar-refractivity contribution is -0.125. The van der Waals surface area contributed by atoms with Gasteiger partial charge in [-0.2, -0.15) is 0 Å². The average molecular weight is 392 g/mol. The van der Waals surface area contributed by atoms with Gasteiger partial charge in [0.25, 0.3) is 11.8 Å². The topological polar surface area (TPSA) is 76.7 Å². The number of carbonyl (C=O) groups is 2. The maximum absolute atomic E-state index is 12.9. The number of hydrogen-bond acceptors (Lipinski definition) is 4. The van der Waals surface area contributed by atoms with Gasteiger partial charge >= 0.3 is 0 Å². The monoisotopic (exact) mass is 392 g/mol. The fourth-order valence-electron chi connectivity index (χ4n) is 2.81. The Morgan fingerprint density at radius 2 is 1.45 bits per heavy atom. The molecule has 4 rings (SSSR count). The van der Waals surface area contributed by atoms with Gasteiger partial charge in [0.1, 0.15) is 12.4 Å². The van der Waals surface area contributed by atoms with Gasteiger partial charge in [-0.05, 0) is 60.7 Å². The minimum atomic E-state index is -0.772. The van der Waals surface area contributed by atoms with Gasteiger partial charge in [0.2, 0.25) is 6.10 Å². The molecular formula is C22H17FN2O4. The maximum Gasteiger partial charge on any atom is 0.269 e. The summed E-state index contributed by atoms with van der Waals surface area (Å²) in [5.74, 6) is 0.0665. The molecule has 29 heavy (non-hydrogen) atoms. The van der Waals surface area contributed by atoms with Crippen molar-refractivity contribution in [2.24, 2.45) is 0 Å². The number of nitrogens with one attached hydrogen (secondary N) is 2. The quantitative estimate of drug-likeness (QED) is 0.707. The molecule has 0 saturated heterocycles. The van der Waals surface area contributed by atoms with Crippen molar-refractivity contribution in [3.8, 4) is 11.5 Å². The highest BCUT2D eigenvalue weighted by atomic mass is 19.1. The van der Waals surface area contributed by atoms with Gasteiger partial charge in [-0.25, -0.2) is 4.39 Å². The lowest BCUT2D eigenvalue weighted by atomic mass is 10.1. The molecule has 0 aliphatic carbocycles. The Morgan fingerprint density at radius 3 is 2.17 bits per heavy atom. The summed E-state index contributed by atoms with van der Waals surface area (Å²) in [7, 11) is 0. The van der Waals surface area contributed by atoms with Crippen LogP contribution in [0, 0.1) is 5.82 Å². The number of para-hydroxylation sites is 2. The Morgan fingerprint density at radius 1 is 0.828 bits per heavy atom. The van der Waals surface area contributed by atoms with Crippen LogP contribution in [0.5, 0.6) is 11.5 Å². The number of halogens is 1. The first-order valence-corrected chi connectivity index (χ1v) is 8.95. The van der Waals surface area contributed by atoms with Gasteiger partial charge in [0.15, 0.2) is 11.5 Å². The van der Waals surface area contributed by atoms with Crippen molar-refractivity contribution in [1.82, 2.24) is 0 Å². The highest BCUT2D eigenvalue weighted by Crippen LogP contribution is 2.31. The van der Waals surface area contributed by atoms with Crippen LogP contribution in [0.4, 0.5) is 15.8 Å². The van der Waals surface area contributed by atoms with Crippen molar-refractivity contribution < 1.29 is 23.5 Å². The second kappa shape index (κ2) is 8.02. The molecule has 0 bridgehead atoms. The first kappa shape index (κ1) is 18.5. The number of benzene rings is 3. The predicted molar refractivity (Wildman–Crippen MR) is 106 cm³/mol. The van der Waals surface area contributed by atoms with Crippen molar-refractivity contribution in [2.45, 2.75) is 6.10 Å². The number of anilines is 2. The minimum Gasteiger partial charge on any atom is -0.485 e. The first-order valence-electron chi connectivity index (χ1n) is 8.95. The number of fused-ring (bicyclic) bond motifs is 1. The van der Waals surface area contributed by atoms with Crippen LogP contribution in [0.2, 0.25) is 0 Å². The highest BCUT2D eigenvalue weighted by molar-refractivity contribution is 6.04. The molecule has 3 aromatic carbocycles. The van der Waals surface area contributed by atoms with Gasteiger partial charge in [0.05, 0.1) is 0 Å². The number of ether oxygens (including phenoxy) is 2. The molecule has 6 nitrogen and oxygen atoms in total. The molecule has 0 saturated carbocycles. The summed E-state index contributed by atoms with van der Waals surface area (Å²) in [6.45, 7) is 0.112. The van der Waals surface area contributed by atoms with Crippen LogP contribution in [-0.2, 0) is 4.79 Å². The van der Waals surface area contributed by atoms with E-state index in [0.29, 0.717) is 28.4 Å². The van der Waals surface area contributed by atoms with Crippen molar-refractivity contribution in [3.63, 3.8) is 0 Å². The van der Waals surface area contributed by atoms with Crippen LogP contribution < -0.4 is 20.1 Å². The minimum absolute atomic E-state index is 0.112. The van der Waals surface area contributed by atoms with Crippen LogP contribution in [0.15, 0.2) is 72.8 Å². The molecule has 1 unspecified atom stereocenters. The number of carbonyl (C=O) groups excluding carboxylic acids is 2. The van der Waals surface area contributed by atoms with E-state index in [0.717, 1.165) is 0 Å². The summed E-state index contributed by atoms with van der Waals surface area (Å²) >= 11 is 0. The van der Waals surface area contributed by atoms with Crippen molar-refractivity contribution in [1.29, 1.82) is 0 Å². The molecule has 1 aliphatic rings. The number of amides is 2. The van der Waals surface area contributed by atoms with E-state index in [1.165, 1.54) is 24.3 Å². The van der Waals surface area contributed by atoms with Gasteiger partial charge in [-0.3, -0.25) is 9.59 Å². The van der Waals surface area contributed by atoms with E-state index in [4.69, 9.17) is 9.47 Å². The van der Waals surface area contributed by atoms with Crippen LogP contribution in [-0.4, -0.2) is 24.5 Å². The third kappa shape index (κ3) is 4.35. The summed E-state index contributed by atoms with van der Waals surface area (Å²) in [5, 5.41) is 5.42. The van der Waals surface area contributed by atoms with E-state index >= 15 is 0 Å². The molecule has 2 amide bonds. The first-order chi connectivity index (χ1) is 14.1. The van der Waals surface area contributed by atoms with E-state index in [-0.39, 0.29) is 24.2 Å². The normalized spacial score (nSPS) is 14.7. The second-order valence-corrected chi connectivity index (χ2v) is 6.39. The van der Waals surface area contributed by atoms with Crippen molar-refractivity contribution in [3.05, 3.63) is 84.2 Å². The molecule has 1 aliphatic heterocycles. The summed E-state index contributed by atoms with van der Waals surface area (Å²) in [4.78, 5) is 24.7. The lowest BCUT2D eigenvalue weighted by Gasteiger charge is -2.25. The molecule has 7 heteroatoms. The van der Waals surface area contributed by atoms with E-state index in [1.807, 2.05) is 6.07 Å². The summed E-state index contributed by atoms with van der Waals surface area (Å²) < 4.78 is 24.2. The number of rotatable bonds is 4. The fraction of sp³-hybridized carbons (Fsp3) is 0.0909. The van der Waals surface area contributed by atoms with E-state index < -0.39 is 6.10 Å². The van der Waals surface area contributed by atoms with E-state index in [1.54, 1.807) is 42.5 Å². The largest absolute Gasteiger partial charge is 0.485 e. The fourth-order valence-corrected chi connectivity index (χ4v) is 2.81. The Labute approximate surface area is 166 Å². The molecule has 0 fully saturated rings. The number of hydrogen-bond donors (Lipinski definition) is 2. The van der Waals surface area contributed by atoms with Crippen LogP contribution in [0.3, 0.4) is 0 Å². The molecule has 0 spiro atoms. The predicted octanol–water partition coefficient (Wildman–Crippen LogP) is 3.86. The van der Waals surface area contributed by atoms with Crippen LogP contribution in [0.25, 0.3) is 0 Å². The summed E-state index contributed by atoms with van der Waals surface area (Å²) in [6, 6.07) is 19.1. The van der Waals surface area contributed by atoms with Gasteiger partial charge in [-0.1, -0.05) is 12.1 Å². The molecule has 1 heterocycles. The second-order valence-electron chi connectivity index (χ2n) is 6.39. The zero-order valence-corrected chi connectivity index (χ0v) is 15.2. The molecule has 146 valence electrons. The average Bonchev–Trinajstić information content (AvgIpc) is 2.75. The zero-order chi connectivity index (χ0) is 20.2. The van der Waals surface area contributed by atoms with Gasteiger partial charge in [-0.15, -0.1) is 0 Å². The Balaban J connectivity index is 1.36. The highest BCUT2D eigenvalue weighted by Gasteiger charge is 2.27. The Bertz CT molecular complexity index is 1040. The Kier molecular flexibility index (Phi) is 5.11. The van der Waals surface area contributed by atoms with Crippen LogP contribution in [0.1, 0.15) is 10.4 Å². The standard InChI is InChI=1S/C22H17FN2O4/c23-15-7-11-17(12-8-15)24-21(26)14-5-9-16(10-6-14)25-22(27)20-13-28-18-3-1-2-4-19(18)29-20/h1-12,20H,13H2,(H,24,26)(H,25,27). The molecule has 0 aromatic heterocycles.